The van der Waals surface area contributed by atoms with Crippen molar-refractivity contribution in [3.63, 3.8) is 0 Å². The Kier molecular flexibility index (Phi) is 5.00. The van der Waals surface area contributed by atoms with Crippen LogP contribution in [0.15, 0.2) is 24.3 Å². The minimum absolute atomic E-state index is 0.193. The SMILES string of the molecule is O=C1NC(=O)C(Cc2ccc(OCC3CCCCO3)cc2)S1. The highest BCUT2D eigenvalue weighted by Gasteiger charge is 2.31. The summed E-state index contributed by atoms with van der Waals surface area (Å²) >= 11 is 1.05. The molecule has 5 nitrogen and oxygen atoms in total. The molecule has 0 bridgehead atoms. The highest BCUT2D eigenvalue weighted by molar-refractivity contribution is 8.15. The van der Waals surface area contributed by atoms with Gasteiger partial charge in [0.1, 0.15) is 12.4 Å². The quantitative estimate of drug-likeness (QED) is 0.903. The van der Waals surface area contributed by atoms with E-state index in [1.165, 1.54) is 6.42 Å². The van der Waals surface area contributed by atoms with Crippen molar-refractivity contribution in [1.82, 2.24) is 5.32 Å². The fraction of sp³-hybridized carbons (Fsp3) is 0.500. The molecule has 2 aliphatic heterocycles. The van der Waals surface area contributed by atoms with E-state index in [2.05, 4.69) is 5.32 Å². The van der Waals surface area contributed by atoms with Crippen molar-refractivity contribution in [2.24, 2.45) is 0 Å². The van der Waals surface area contributed by atoms with Crippen LogP contribution < -0.4 is 10.1 Å². The Morgan fingerprint density at radius 2 is 2.05 bits per heavy atom. The monoisotopic (exact) mass is 321 g/mol. The number of carbonyl (C=O) groups excluding carboxylic acids is 2. The van der Waals surface area contributed by atoms with Crippen molar-refractivity contribution >= 4 is 22.9 Å². The molecule has 6 heteroatoms. The first-order valence-electron chi connectivity index (χ1n) is 7.55. The number of thioether (sulfide) groups is 1. The first-order valence-corrected chi connectivity index (χ1v) is 8.43. The van der Waals surface area contributed by atoms with E-state index in [0.717, 1.165) is 42.5 Å². The number of carbonyl (C=O) groups is 2. The molecular formula is C16H19NO4S. The Labute approximate surface area is 133 Å². The molecule has 2 amide bonds. The third kappa shape index (κ3) is 4.01. The second-order valence-electron chi connectivity index (χ2n) is 5.53. The van der Waals surface area contributed by atoms with Crippen LogP contribution in [0.25, 0.3) is 0 Å². The lowest BCUT2D eigenvalue weighted by Gasteiger charge is -2.22. The average Bonchev–Trinajstić information content (AvgIpc) is 2.85. The number of hydrogen-bond donors (Lipinski definition) is 1. The van der Waals surface area contributed by atoms with Crippen molar-refractivity contribution in [3.05, 3.63) is 29.8 Å². The lowest BCUT2D eigenvalue weighted by molar-refractivity contribution is -0.118. The van der Waals surface area contributed by atoms with Crippen molar-refractivity contribution in [1.29, 1.82) is 0 Å². The molecule has 1 N–H and O–H groups in total. The van der Waals surface area contributed by atoms with Gasteiger partial charge in [-0.25, -0.2) is 0 Å². The number of rotatable bonds is 5. The second-order valence-corrected chi connectivity index (χ2v) is 6.71. The van der Waals surface area contributed by atoms with E-state index < -0.39 is 0 Å². The van der Waals surface area contributed by atoms with Gasteiger partial charge in [0.2, 0.25) is 5.91 Å². The van der Waals surface area contributed by atoms with Gasteiger partial charge in [-0.3, -0.25) is 14.9 Å². The molecule has 0 aromatic heterocycles. The van der Waals surface area contributed by atoms with E-state index in [0.29, 0.717) is 13.0 Å². The normalized spacial score (nSPS) is 25.1. The Hall–Kier alpha value is -1.53. The van der Waals surface area contributed by atoms with E-state index in [1.54, 1.807) is 0 Å². The van der Waals surface area contributed by atoms with Crippen LogP contribution >= 0.6 is 11.8 Å². The van der Waals surface area contributed by atoms with Crippen LogP contribution in [0.1, 0.15) is 24.8 Å². The van der Waals surface area contributed by atoms with Crippen LogP contribution in [0.4, 0.5) is 4.79 Å². The van der Waals surface area contributed by atoms with Crippen molar-refractivity contribution in [3.8, 4) is 5.75 Å². The van der Waals surface area contributed by atoms with Crippen LogP contribution in [0.3, 0.4) is 0 Å². The molecular weight excluding hydrogens is 302 g/mol. The summed E-state index contributed by atoms with van der Waals surface area (Å²) in [6, 6.07) is 7.68. The Morgan fingerprint density at radius 3 is 2.68 bits per heavy atom. The zero-order valence-corrected chi connectivity index (χ0v) is 13.1. The summed E-state index contributed by atoms with van der Waals surface area (Å²) in [5, 5.41) is 1.72. The predicted octanol–water partition coefficient (Wildman–Crippen LogP) is 2.53. The summed E-state index contributed by atoms with van der Waals surface area (Å²) in [5.41, 5.74) is 1.02. The van der Waals surface area contributed by atoms with Gasteiger partial charge < -0.3 is 9.47 Å². The van der Waals surface area contributed by atoms with Crippen molar-refractivity contribution < 1.29 is 19.1 Å². The maximum Gasteiger partial charge on any atom is 0.286 e. The standard InChI is InChI=1S/C16H19NO4S/c18-15-14(22-16(19)17-15)9-11-4-6-12(7-5-11)21-10-13-3-1-2-8-20-13/h4-7,13-14H,1-3,8-10H2,(H,17,18,19). The number of amides is 2. The van der Waals surface area contributed by atoms with Gasteiger partial charge in [-0.05, 0) is 43.4 Å². The molecule has 1 aromatic rings. The minimum Gasteiger partial charge on any atom is -0.491 e. The number of imide groups is 1. The molecule has 1 aromatic carbocycles. The molecule has 2 fully saturated rings. The molecule has 0 spiro atoms. The lowest BCUT2D eigenvalue weighted by Crippen LogP contribution is -2.26. The molecule has 2 atom stereocenters. The molecule has 2 heterocycles. The molecule has 2 saturated heterocycles. The molecule has 0 aliphatic carbocycles. The molecule has 3 rings (SSSR count). The minimum atomic E-state index is -0.324. The maximum absolute atomic E-state index is 11.5. The Bertz CT molecular complexity index is 540. The Morgan fingerprint density at radius 1 is 1.23 bits per heavy atom. The highest BCUT2D eigenvalue weighted by Crippen LogP contribution is 2.24. The summed E-state index contributed by atoms with van der Waals surface area (Å²) in [7, 11) is 0. The predicted molar refractivity (Wildman–Crippen MR) is 84.1 cm³/mol. The largest absolute Gasteiger partial charge is 0.491 e. The van der Waals surface area contributed by atoms with Gasteiger partial charge in [0.15, 0.2) is 0 Å². The van der Waals surface area contributed by atoms with Crippen molar-refractivity contribution in [2.45, 2.75) is 37.0 Å². The highest BCUT2D eigenvalue weighted by atomic mass is 32.2. The van der Waals surface area contributed by atoms with Crippen LogP contribution in [0.2, 0.25) is 0 Å². The van der Waals surface area contributed by atoms with Gasteiger partial charge in [-0.15, -0.1) is 0 Å². The smallest absolute Gasteiger partial charge is 0.286 e. The van der Waals surface area contributed by atoms with Gasteiger partial charge >= 0.3 is 0 Å². The van der Waals surface area contributed by atoms with Gasteiger partial charge in [0.05, 0.1) is 11.4 Å². The van der Waals surface area contributed by atoms with Gasteiger partial charge in [-0.1, -0.05) is 23.9 Å². The zero-order valence-electron chi connectivity index (χ0n) is 12.2. The third-order valence-electron chi connectivity index (χ3n) is 3.82. The van der Waals surface area contributed by atoms with E-state index in [1.807, 2.05) is 24.3 Å². The van der Waals surface area contributed by atoms with Crippen molar-refractivity contribution in [2.75, 3.05) is 13.2 Å². The first kappa shape index (κ1) is 15.4. The molecule has 118 valence electrons. The number of nitrogens with one attached hydrogen (secondary N) is 1. The summed E-state index contributed by atoms with van der Waals surface area (Å²) in [6.45, 7) is 1.40. The van der Waals surface area contributed by atoms with Crippen LogP contribution in [0, 0.1) is 0 Å². The fourth-order valence-electron chi connectivity index (χ4n) is 2.59. The Balaban J connectivity index is 1.49. The summed E-state index contributed by atoms with van der Waals surface area (Å²) in [5.74, 6) is 0.599. The molecule has 2 aliphatic rings. The van der Waals surface area contributed by atoms with E-state index in [9.17, 15) is 9.59 Å². The maximum atomic E-state index is 11.5. The van der Waals surface area contributed by atoms with Crippen LogP contribution in [-0.4, -0.2) is 35.7 Å². The number of hydrogen-bond acceptors (Lipinski definition) is 5. The summed E-state index contributed by atoms with van der Waals surface area (Å²) in [6.07, 6.45) is 4.14. The second kappa shape index (κ2) is 7.15. The van der Waals surface area contributed by atoms with Crippen LogP contribution in [0.5, 0.6) is 5.75 Å². The van der Waals surface area contributed by atoms with Crippen LogP contribution in [-0.2, 0) is 16.0 Å². The number of benzene rings is 1. The average molecular weight is 321 g/mol. The third-order valence-corrected chi connectivity index (χ3v) is 4.80. The van der Waals surface area contributed by atoms with Gasteiger partial charge in [0, 0.05) is 6.61 Å². The summed E-state index contributed by atoms with van der Waals surface area (Å²) in [4.78, 5) is 22.7. The van der Waals surface area contributed by atoms with E-state index in [4.69, 9.17) is 9.47 Å². The topological polar surface area (TPSA) is 64.6 Å². The van der Waals surface area contributed by atoms with Gasteiger partial charge in [-0.2, -0.15) is 0 Å². The zero-order chi connectivity index (χ0) is 15.4. The molecule has 22 heavy (non-hydrogen) atoms. The lowest BCUT2D eigenvalue weighted by atomic mass is 10.1. The van der Waals surface area contributed by atoms with E-state index >= 15 is 0 Å². The fourth-order valence-corrected chi connectivity index (χ4v) is 3.45. The number of ether oxygens (including phenoxy) is 2. The molecule has 0 radical (unpaired) electrons. The van der Waals surface area contributed by atoms with E-state index in [-0.39, 0.29) is 22.5 Å². The first-order chi connectivity index (χ1) is 10.7. The van der Waals surface area contributed by atoms with Gasteiger partial charge in [0.25, 0.3) is 5.24 Å². The molecule has 0 saturated carbocycles. The summed E-state index contributed by atoms with van der Waals surface area (Å²) < 4.78 is 11.4. The molecule has 2 unspecified atom stereocenters.